The summed E-state index contributed by atoms with van der Waals surface area (Å²) in [5.74, 6) is 0.218. The minimum atomic E-state index is -0.0751. The van der Waals surface area contributed by atoms with E-state index in [1.807, 2.05) is 66.0 Å². The number of H-pyrrole nitrogens is 1. The summed E-state index contributed by atoms with van der Waals surface area (Å²) in [7, 11) is 0. The molecule has 0 saturated heterocycles. The van der Waals surface area contributed by atoms with Crippen LogP contribution in [-0.4, -0.2) is 21.6 Å². The molecule has 0 saturated carbocycles. The number of nitrogens with one attached hydrogen (secondary N) is 2. The van der Waals surface area contributed by atoms with Crippen LogP contribution in [0.1, 0.15) is 5.56 Å². The number of aromatic amines is 1. The molecule has 5 rings (SSSR count). The van der Waals surface area contributed by atoms with E-state index >= 15 is 0 Å². The second-order valence-electron chi connectivity index (χ2n) is 7.26. The Hall–Kier alpha value is -3.42. The van der Waals surface area contributed by atoms with Gasteiger partial charge in [0.25, 0.3) is 0 Å². The molecule has 0 aliphatic heterocycles. The van der Waals surface area contributed by atoms with E-state index in [0.29, 0.717) is 10.9 Å². The third-order valence-corrected chi connectivity index (χ3v) is 6.79. The second kappa shape index (κ2) is 9.38. The predicted molar refractivity (Wildman–Crippen MR) is 131 cm³/mol. The zero-order valence-electron chi connectivity index (χ0n) is 17.2. The number of benzene rings is 3. The zero-order chi connectivity index (χ0) is 21.8. The Bertz CT molecular complexity index is 1350. The molecule has 0 atom stereocenters. The van der Waals surface area contributed by atoms with Gasteiger partial charge in [0.05, 0.1) is 11.4 Å². The van der Waals surface area contributed by atoms with Crippen molar-refractivity contribution in [3.8, 4) is 11.3 Å². The largest absolute Gasteiger partial charge is 0.317 e. The molecule has 2 heterocycles. The number of imidazole rings is 1. The summed E-state index contributed by atoms with van der Waals surface area (Å²) in [4.78, 5) is 20.6. The Morgan fingerprint density at radius 2 is 1.69 bits per heavy atom. The van der Waals surface area contributed by atoms with Crippen LogP contribution in [0.3, 0.4) is 0 Å². The lowest BCUT2D eigenvalue weighted by atomic mass is 10.2. The van der Waals surface area contributed by atoms with Gasteiger partial charge in [-0.25, -0.2) is 14.5 Å². The Balaban J connectivity index is 1.29. The van der Waals surface area contributed by atoms with Crippen molar-refractivity contribution in [1.82, 2.24) is 9.97 Å². The number of aromatic nitrogens is 3. The number of thioether (sulfide) groups is 1. The maximum Gasteiger partial charge on any atom is 0.317 e. The molecule has 7 heteroatoms. The minimum Gasteiger partial charge on any atom is -0.301 e. The molecular formula is C25H21N4OS2+. The van der Waals surface area contributed by atoms with Gasteiger partial charge in [-0.05, 0) is 29.5 Å². The quantitative estimate of drug-likeness (QED) is 0.256. The van der Waals surface area contributed by atoms with Crippen molar-refractivity contribution in [2.24, 2.45) is 0 Å². The van der Waals surface area contributed by atoms with Crippen molar-refractivity contribution < 1.29 is 9.36 Å². The summed E-state index contributed by atoms with van der Waals surface area (Å²) in [6.45, 7) is 0.738. The van der Waals surface area contributed by atoms with E-state index in [2.05, 4.69) is 44.1 Å². The molecule has 5 nitrogen and oxygen atoms in total. The van der Waals surface area contributed by atoms with Crippen molar-refractivity contribution in [2.45, 2.75) is 11.7 Å². The topological polar surface area (TPSA) is 61.7 Å². The third kappa shape index (κ3) is 4.59. The van der Waals surface area contributed by atoms with Crippen LogP contribution in [0.5, 0.6) is 0 Å². The summed E-state index contributed by atoms with van der Waals surface area (Å²) < 4.78 is 2.22. The Labute approximate surface area is 194 Å². The van der Waals surface area contributed by atoms with Crippen LogP contribution in [0.15, 0.2) is 95.5 Å². The highest BCUT2D eigenvalue weighted by Crippen LogP contribution is 2.25. The fourth-order valence-corrected chi connectivity index (χ4v) is 5.08. The van der Waals surface area contributed by atoms with Gasteiger partial charge in [-0.2, -0.15) is 0 Å². The molecule has 0 unspecified atom stereocenters. The average Bonchev–Trinajstić information content (AvgIpc) is 3.44. The maximum atomic E-state index is 12.6. The summed E-state index contributed by atoms with van der Waals surface area (Å²) in [6, 6.07) is 28.5. The van der Waals surface area contributed by atoms with Gasteiger partial charge in [0, 0.05) is 10.9 Å². The van der Waals surface area contributed by atoms with Crippen molar-refractivity contribution in [2.75, 3.05) is 11.1 Å². The molecule has 3 aromatic carbocycles. The lowest BCUT2D eigenvalue weighted by Gasteiger charge is -2.03. The number of fused-ring (bicyclic) bond motifs is 1. The lowest BCUT2D eigenvalue weighted by molar-refractivity contribution is -0.700. The zero-order valence-corrected chi connectivity index (χ0v) is 18.8. The number of anilines is 1. The summed E-state index contributed by atoms with van der Waals surface area (Å²) in [5, 5.41) is 6.46. The van der Waals surface area contributed by atoms with Gasteiger partial charge < -0.3 is 5.32 Å². The number of carbonyl (C=O) groups is 1. The Kier molecular flexibility index (Phi) is 6.00. The molecule has 0 aliphatic rings. The normalized spacial score (nSPS) is 11.0. The number of thiazole rings is 1. The van der Waals surface area contributed by atoms with Crippen LogP contribution in [0, 0.1) is 0 Å². The Morgan fingerprint density at radius 3 is 2.50 bits per heavy atom. The molecule has 0 fully saturated rings. The van der Waals surface area contributed by atoms with E-state index in [9.17, 15) is 4.79 Å². The molecular weight excluding hydrogens is 436 g/mol. The van der Waals surface area contributed by atoms with Crippen LogP contribution in [0.25, 0.3) is 22.3 Å². The highest BCUT2D eigenvalue weighted by atomic mass is 32.2. The van der Waals surface area contributed by atoms with Gasteiger partial charge in [0.2, 0.25) is 5.91 Å². The first kappa shape index (κ1) is 20.5. The first-order valence-corrected chi connectivity index (χ1v) is 12.1. The number of rotatable bonds is 7. The third-order valence-electron chi connectivity index (χ3n) is 5.03. The number of nitrogens with zero attached hydrogens (tertiary/aromatic N) is 2. The lowest BCUT2D eigenvalue weighted by Crippen LogP contribution is -2.35. The first-order chi connectivity index (χ1) is 15.8. The van der Waals surface area contributed by atoms with E-state index in [1.165, 1.54) is 28.7 Å². The second-order valence-corrected chi connectivity index (χ2v) is 9.08. The number of amides is 1. The van der Waals surface area contributed by atoms with E-state index < -0.39 is 0 Å². The van der Waals surface area contributed by atoms with Crippen molar-refractivity contribution >= 4 is 45.2 Å². The van der Waals surface area contributed by atoms with E-state index in [4.69, 9.17) is 0 Å². The van der Waals surface area contributed by atoms with Crippen LogP contribution >= 0.6 is 23.1 Å². The highest BCUT2D eigenvalue weighted by Gasteiger charge is 2.20. The summed E-state index contributed by atoms with van der Waals surface area (Å²) in [5.41, 5.74) is 5.30. The van der Waals surface area contributed by atoms with Crippen molar-refractivity contribution in [3.05, 3.63) is 95.9 Å². The highest BCUT2D eigenvalue weighted by molar-refractivity contribution is 7.99. The van der Waals surface area contributed by atoms with E-state index in [0.717, 1.165) is 34.0 Å². The van der Waals surface area contributed by atoms with E-state index in [1.54, 1.807) is 0 Å². The summed E-state index contributed by atoms with van der Waals surface area (Å²) in [6.07, 6.45) is 0. The molecule has 0 aliphatic carbocycles. The number of hydrogen-bond donors (Lipinski definition) is 2. The number of para-hydroxylation sites is 2. The number of hydrogen-bond acceptors (Lipinski definition) is 4. The van der Waals surface area contributed by atoms with Crippen LogP contribution in [0.2, 0.25) is 0 Å². The summed E-state index contributed by atoms with van der Waals surface area (Å²) >= 11 is 2.93. The molecule has 32 heavy (non-hydrogen) atoms. The van der Waals surface area contributed by atoms with Gasteiger partial charge in [-0.1, -0.05) is 72.8 Å². The van der Waals surface area contributed by atoms with Gasteiger partial charge in [0.15, 0.2) is 16.2 Å². The maximum absolute atomic E-state index is 12.6. The molecule has 0 radical (unpaired) electrons. The minimum absolute atomic E-state index is 0.0751. The molecule has 2 N–H and O–H groups in total. The molecule has 0 bridgehead atoms. The standard InChI is InChI=1S/C25H20N4OS2/c30-23(28-24-26-21(16-31-24)19-11-5-2-6-12-19)17-32-25-27-20-13-7-8-14-22(20)29(25)15-18-9-3-1-4-10-18/h1-14,16H,15,17H2,(H,26,28,30)/p+1. The van der Waals surface area contributed by atoms with Crippen LogP contribution in [-0.2, 0) is 11.3 Å². The average molecular weight is 458 g/mol. The van der Waals surface area contributed by atoms with Gasteiger partial charge >= 0.3 is 5.16 Å². The number of carbonyl (C=O) groups excluding carboxylic acids is 1. The molecule has 158 valence electrons. The van der Waals surface area contributed by atoms with Gasteiger partial charge in [0.1, 0.15) is 6.54 Å². The molecule has 0 spiro atoms. The fraction of sp³-hybridized carbons (Fsp3) is 0.0800. The van der Waals surface area contributed by atoms with Crippen molar-refractivity contribution in [3.63, 3.8) is 0 Å². The van der Waals surface area contributed by atoms with Crippen LogP contribution in [0.4, 0.5) is 5.13 Å². The van der Waals surface area contributed by atoms with E-state index in [-0.39, 0.29) is 5.91 Å². The van der Waals surface area contributed by atoms with Gasteiger partial charge in [-0.3, -0.25) is 4.79 Å². The molecule has 1 amide bonds. The smallest absolute Gasteiger partial charge is 0.301 e. The van der Waals surface area contributed by atoms with Crippen molar-refractivity contribution in [1.29, 1.82) is 0 Å². The van der Waals surface area contributed by atoms with Gasteiger partial charge in [-0.15, -0.1) is 11.3 Å². The first-order valence-electron chi connectivity index (χ1n) is 10.2. The Morgan fingerprint density at radius 1 is 0.969 bits per heavy atom. The predicted octanol–water partition coefficient (Wildman–Crippen LogP) is 5.36. The van der Waals surface area contributed by atoms with Crippen LogP contribution < -0.4 is 9.88 Å². The fourth-order valence-electron chi connectivity index (χ4n) is 3.51. The monoisotopic (exact) mass is 457 g/mol. The SMILES string of the molecule is O=C(CSc1[nH]c2ccccc2[n+]1Cc1ccccc1)Nc1nc(-c2ccccc2)cs1. The molecule has 2 aromatic heterocycles. The molecule has 5 aromatic rings.